The van der Waals surface area contributed by atoms with Crippen LogP contribution in [0.5, 0.6) is 0 Å². The number of hydrogen-bond donors (Lipinski definition) is 5. The number of aliphatic hydroxyl groups excluding tert-OH is 3. The number of halogens is 2. The molecule has 8 atom stereocenters. The summed E-state index contributed by atoms with van der Waals surface area (Å²) in [6, 6.07) is 0. The van der Waals surface area contributed by atoms with Crippen LogP contribution < -0.4 is 11.1 Å². The molecule has 16 heteroatoms. The van der Waals surface area contributed by atoms with Gasteiger partial charge in [-0.2, -0.15) is 0 Å². The van der Waals surface area contributed by atoms with E-state index in [9.17, 15) is 19.7 Å². The highest BCUT2D eigenvalue weighted by atomic mass is 19.1. The number of anilines is 2. The van der Waals surface area contributed by atoms with Gasteiger partial charge in [-0.15, -0.1) is 0 Å². The fourth-order valence-electron chi connectivity index (χ4n) is 5.17. The molecule has 0 amide bonds. The first-order valence-corrected chi connectivity index (χ1v) is 13.6. The third kappa shape index (κ3) is 5.91. The minimum absolute atomic E-state index is 0.182. The zero-order valence-electron chi connectivity index (χ0n) is 22.8. The van der Waals surface area contributed by atoms with Crippen molar-refractivity contribution in [2.24, 2.45) is 0 Å². The Balaban J connectivity index is 1.15. The normalized spacial score (nSPS) is 29.7. The predicted molar refractivity (Wildman–Crippen MR) is 145 cm³/mol. The average molecular weight is 593 g/mol. The van der Waals surface area contributed by atoms with Crippen LogP contribution >= 0.6 is 0 Å². The molecule has 2 aliphatic rings. The Morgan fingerprint density at radius 1 is 0.976 bits per heavy atom. The maximum absolute atomic E-state index is 15.0. The highest BCUT2D eigenvalue weighted by Crippen LogP contribution is 2.35. The molecule has 0 aromatic carbocycles. The number of aromatic nitrogens is 6. The van der Waals surface area contributed by atoms with Crippen molar-refractivity contribution in [1.29, 1.82) is 0 Å². The summed E-state index contributed by atoms with van der Waals surface area (Å²) >= 11 is 0. The van der Waals surface area contributed by atoms with Gasteiger partial charge in [0.2, 0.25) is 0 Å². The van der Waals surface area contributed by atoms with Gasteiger partial charge in [-0.1, -0.05) is 12.2 Å². The van der Waals surface area contributed by atoms with E-state index < -0.39 is 55.8 Å². The lowest BCUT2D eigenvalue weighted by Crippen LogP contribution is -2.33. The topological polar surface area (TPSA) is 196 Å². The summed E-state index contributed by atoms with van der Waals surface area (Å²) in [4.78, 5) is 21.3. The third-order valence-electron chi connectivity index (χ3n) is 7.43. The van der Waals surface area contributed by atoms with E-state index in [-0.39, 0.29) is 18.1 Å². The number of hydrogen-bond acceptors (Lipinski definition) is 13. The largest absolute Gasteiger partial charge is 0.394 e. The van der Waals surface area contributed by atoms with Crippen molar-refractivity contribution < 1.29 is 38.3 Å². The van der Waals surface area contributed by atoms with Crippen LogP contribution in [0.4, 0.5) is 20.3 Å². The molecule has 2 saturated heterocycles. The Kier molecular flexibility index (Phi) is 9.50. The molecule has 0 bridgehead atoms. The number of fused-ring (bicyclic) bond motifs is 1. The van der Waals surface area contributed by atoms with E-state index in [2.05, 4.69) is 30.2 Å². The quantitative estimate of drug-likeness (QED) is 0.181. The van der Waals surface area contributed by atoms with Crippen LogP contribution in [-0.2, 0) is 27.1 Å². The summed E-state index contributed by atoms with van der Waals surface area (Å²) in [5.41, 5.74) is 8.66. The standard InChI is InChI=1S/C26H34F2N8O6/c1-40-22-16(9-38)42-26(18(22)28)36-12-34-20-14(31-11-33-24(20)36)7-5-3-2-4-6-13-19(29)23(32-10-30-13)35-25-17(27)21(39)15(8-37)41-25/h2-3,10-12,15-18,21-22,25-26,37-39H,4-9,29H2,1H3,(H,30,32,35)/b3-2+/t15?,16?,17-,18-,21-,22-,25-,26-/m1/s1. The summed E-state index contributed by atoms with van der Waals surface area (Å²) in [6.45, 7) is -0.889. The van der Waals surface area contributed by atoms with Gasteiger partial charge in [0.25, 0.3) is 0 Å². The second kappa shape index (κ2) is 13.3. The van der Waals surface area contributed by atoms with Gasteiger partial charge in [0.1, 0.15) is 42.6 Å². The molecule has 3 aromatic heterocycles. The number of methoxy groups -OCH3 is 1. The molecule has 5 heterocycles. The van der Waals surface area contributed by atoms with Gasteiger partial charge < -0.3 is 40.6 Å². The van der Waals surface area contributed by atoms with E-state index in [4.69, 9.17) is 19.9 Å². The molecular weight excluding hydrogens is 558 g/mol. The summed E-state index contributed by atoms with van der Waals surface area (Å²) < 4.78 is 47.0. The zero-order chi connectivity index (χ0) is 29.8. The van der Waals surface area contributed by atoms with E-state index in [1.807, 2.05) is 12.2 Å². The first kappa shape index (κ1) is 30.1. The van der Waals surface area contributed by atoms with E-state index in [1.54, 1.807) is 0 Å². The molecule has 3 aromatic rings. The lowest BCUT2D eigenvalue weighted by atomic mass is 10.1. The van der Waals surface area contributed by atoms with E-state index >= 15 is 4.39 Å². The fraction of sp³-hybridized carbons (Fsp3) is 0.577. The van der Waals surface area contributed by atoms with Crippen LogP contribution in [0.3, 0.4) is 0 Å². The van der Waals surface area contributed by atoms with Gasteiger partial charge in [-0.25, -0.2) is 33.7 Å². The predicted octanol–water partition coefficient (Wildman–Crippen LogP) is 0.391. The summed E-state index contributed by atoms with van der Waals surface area (Å²) in [5, 5.41) is 31.3. The molecule has 14 nitrogen and oxygen atoms in total. The number of nitrogens with zero attached hydrogens (tertiary/aromatic N) is 6. The first-order valence-electron chi connectivity index (χ1n) is 13.6. The number of alkyl halides is 2. The van der Waals surface area contributed by atoms with Gasteiger partial charge in [-0.05, 0) is 25.7 Å². The molecule has 228 valence electrons. The molecule has 6 N–H and O–H groups in total. The van der Waals surface area contributed by atoms with Crippen molar-refractivity contribution in [3.8, 4) is 0 Å². The molecule has 0 spiro atoms. The minimum atomic E-state index is -1.76. The number of nitrogen functional groups attached to an aromatic ring is 1. The van der Waals surface area contributed by atoms with Gasteiger partial charge >= 0.3 is 0 Å². The van der Waals surface area contributed by atoms with Crippen LogP contribution in [0, 0.1) is 0 Å². The molecule has 0 saturated carbocycles. The summed E-state index contributed by atoms with van der Waals surface area (Å²) in [6.07, 6.45) is 0.772. The molecular formula is C26H34F2N8O6. The molecule has 0 aliphatic carbocycles. The second-order valence-corrected chi connectivity index (χ2v) is 10.0. The van der Waals surface area contributed by atoms with Crippen molar-refractivity contribution in [1.82, 2.24) is 29.5 Å². The number of rotatable bonds is 12. The number of aryl methyl sites for hydroxylation is 2. The number of aliphatic hydroxyl groups is 3. The smallest absolute Gasteiger partial charge is 0.174 e. The summed E-state index contributed by atoms with van der Waals surface area (Å²) in [5.74, 6) is 0.182. The minimum Gasteiger partial charge on any atom is -0.394 e. The molecule has 42 heavy (non-hydrogen) atoms. The summed E-state index contributed by atoms with van der Waals surface area (Å²) in [7, 11) is 1.37. The van der Waals surface area contributed by atoms with Crippen molar-refractivity contribution in [2.45, 2.75) is 74.9 Å². The van der Waals surface area contributed by atoms with Gasteiger partial charge in [-0.3, -0.25) is 4.57 Å². The Hall–Kier alpha value is -3.41. The monoisotopic (exact) mass is 592 g/mol. The van der Waals surface area contributed by atoms with Gasteiger partial charge in [0, 0.05) is 7.11 Å². The Morgan fingerprint density at radius 2 is 1.67 bits per heavy atom. The molecule has 2 fully saturated rings. The average Bonchev–Trinajstić information content (AvgIpc) is 3.65. The van der Waals surface area contributed by atoms with Crippen LogP contribution in [0.25, 0.3) is 11.2 Å². The van der Waals surface area contributed by atoms with E-state index in [0.29, 0.717) is 48.2 Å². The molecule has 2 aliphatic heterocycles. The highest BCUT2D eigenvalue weighted by molar-refractivity contribution is 5.73. The highest BCUT2D eigenvalue weighted by Gasteiger charge is 2.47. The van der Waals surface area contributed by atoms with Crippen LogP contribution in [0.15, 0.2) is 31.1 Å². The van der Waals surface area contributed by atoms with Gasteiger partial charge in [0.05, 0.1) is 36.6 Å². The maximum Gasteiger partial charge on any atom is 0.174 e. The van der Waals surface area contributed by atoms with Crippen LogP contribution in [-0.4, -0.2) is 108 Å². The first-order chi connectivity index (χ1) is 20.4. The molecule has 0 radical (unpaired) electrons. The number of nitrogens with two attached hydrogens (primary N) is 1. The van der Waals surface area contributed by atoms with Crippen molar-refractivity contribution in [3.05, 3.63) is 42.5 Å². The van der Waals surface area contributed by atoms with Gasteiger partial charge in [0.15, 0.2) is 36.3 Å². The molecule has 2 unspecified atom stereocenters. The van der Waals surface area contributed by atoms with E-state index in [1.165, 1.54) is 30.7 Å². The number of ether oxygens (including phenoxy) is 3. The number of nitrogens with one attached hydrogen (secondary N) is 1. The lowest BCUT2D eigenvalue weighted by Gasteiger charge is -2.17. The van der Waals surface area contributed by atoms with Crippen LogP contribution in [0.2, 0.25) is 0 Å². The third-order valence-corrected chi connectivity index (χ3v) is 7.43. The Morgan fingerprint density at radius 3 is 2.33 bits per heavy atom. The van der Waals surface area contributed by atoms with Crippen molar-refractivity contribution >= 4 is 22.7 Å². The van der Waals surface area contributed by atoms with Crippen molar-refractivity contribution in [3.63, 3.8) is 0 Å². The number of imidazole rings is 1. The van der Waals surface area contributed by atoms with Crippen molar-refractivity contribution in [2.75, 3.05) is 31.4 Å². The zero-order valence-corrected chi connectivity index (χ0v) is 22.8. The Labute approximate surface area is 239 Å². The van der Waals surface area contributed by atoms with Crippen LogP contribution in [0.1, 0.15) is 30.5 Å². The second-order valence-electron chi connectivity index (χ2n) is 10.0. The fourth-order valence-corrected chi connectivity index (χ4v) is 5.17. The number of allylic oxidation sites excluding steroid dienone is 2. The SMILES string of the molecule is CO[C@@H]1C(CO)O[C@@H](n2cnc3c(CC/C=C/CCc4ncnc(N[C@@H]5OC(CO)[C@@H](O)[C@H]5F)c4N)ncnc32)[C@@H]1F. The lowest BCUT2D eigenvalue weighted by molar-refractivity contribution is -0.0519. The van der Waals surface area contributed by atoms with E-state index in [0.717, 1.165) is 0 Å². The molecule has 5 rings (SSSR count). The maximum atomic E-state index is 15.0. The Bertz CT molecular complexity index is 1380.